The molecule has 1 heterocycles. The summed E-state index contributed by atoms with van der Waals surface area (Å²) in [6, 6.07) is 14.3. The van der Waals surface area contributed by atoms with E-state index in [-0.39, 0.29) is 30.2 Å². The summed E-state index contributed by atoms with van der Waals surface area (Å²) in [7, 11) is 0.616. The minimum absolute atomic E-state index is 0. The Bertz CT molecular complexity index is 1260. The molecule has 0 saturated carbocycles. The van der Waals surface area contributed by atoms with Crippen LogP contribution in [0.2, 0.25) is 0 Å². The van der Waals surface area contributed by atoms with Crippen molar-refractivity contribution in [2.45, 2.75) is 31.2 Å². The topological polar surface area (TPSA) is 144 Å². The van der Waals surface area contributed by atoms with Gasteiger partial charge in [-0.1, -0.05) is 23.5 Å². The fourth-order valence-electron chi connectivity index (χ4n) is 3.35. The molecule has 5 N–H and O–H groups in total. The number of aromatic nitrogens is 1. The lowest BCUT2D eigenvalue weighted by Crippen LogP contribution is -2.26. The number of nitrogens with two attached hydrogens (primary N) is 2. The highest BCUT2D eigenvalue weighted by atomic mass is 35.5. The molecule has 0 fully saturated rings. The Balaban J connectivity index is 0.00000456. The van der Waals surface area contributed by atoms with E-state index in [0.717, 1.165) is 16.1 Å². The minimum Gasteiger partial charge on any atom is -0.370 e. The molecule has 3 rings (SSSR count). The first-order chi connectivity index (χ1) is 16.6. The zero-order valence-corrected chi connectivity index (χ0v) is 22.6. The fourth-order valence-corrected chi connectivity index (χ4v) is 4.98. The van der Waals surface area contributed by atoms with Gasteiger partial charge in [0.15, 0.2) is 11.1 Å². The van der Waals surface area contributed by atoms with Crippen LogP contribution in [0.4, 0.5) is 10.8 Å². The van der Waals surface area contributed by atoms with E-state index in [2.05, 4.69) is 15.3 Å². The lowest BCUT2D eigenvalue weighted by molar-refractivity contribution is -0.114. The van der Waals surface area contributed by atoms with Gasteiger partial charge in [0.2, 0.25) is 5.91 Å². The van der Waals surface area contributed by atoms with Crippen LogP contribution in [0.3, 0.4) is 0 Å². The molecule has 0 spiro atoms. The first-order valence-corrected chi connectivity index (χ1v) is 13.1. The van der Waals surface area contributed by atoms with E-state index in [4.69, 9.17) is 11.5 Å². The van der Waals surface area contributed by atoms with Crippen molar-refractivity contribution in [2.24, 2.45) is 16.5 Å². The van der Waals surface area contributed by atoms with Crippen molar-refractivity contribution in [3.05, 3.63) is 70.2 Å². The van der Waals surface area contributed by atoms with E-state index in [9.17, 15) is 13.8 Å². The molecule has 0 bridgehead atoms. The van der Waals surface area contributed by atoms with Crippen LogP contribution >= 0.6 is 23.7 Å². The summed E-state index contributed by atoms with van der Waals surface area (Å²) in [5, 5.41) is 3.24. The smallest absolute Gasteiger partial charge is 0.253 e. The number of hydrogen-bond acceptors (Lipinski definition) is 6. The van der Waals surface area contributed by atoms with E-state index in [0.29, 0.717) is 40.7 Å². The standard InChI is InChI=1S/C24H28N6O3S2.ClH/c1-15(31)27-24-29-20(13-6-16-4-9-18(10-5-16)28-23(25)26)21(34-24)14-30(2)22(32)17-7-11-19(12-8-17)35(3)33;/h4-5,7-12H,6,13-14H2,1-3H3,(H4,25,26,28)(H,27,29,31);1H. The highest BCUT2D eigenvalue weighted by Crippen LogP contribution is 2.26. The summed E-state index contributed by atoms with van der Waals surface area (Å²) < 4.78 is 11.6. The van der Waals surface area contributed by atoms with Crippen LogP contribution in [0.1, 0.15) is 33.4 Å². The number of halogens is 1. The Kier molecular flexibility index (Phi) is 10.6. The molecule has 1 unspecified atom stereocenters. The molecule has 2 amide bonds. The monoisotopic (exact) mass is 548 g/mol. The third-order valence-corrected chi connectivity index (χ3v) is 7.00. The van der Waals surface area contributed by atoms with E-state index >= 15 is 0 Å². The molecule has 1 atom stereocenters. The highest BCUT2D eigenvalue weighted by Gasteiger charge is 2.18. The van der Waals surface area contributed by atoms with Crippen molar-refractivity contribution in [3.63, 3.8) is 0 Å². The molecule has 0 aliphatic carbocycles. The molecule has 192 valence electrons. The second-order valence-electron chi connectivity index (χ2n) is 7.91. The van der Waals surface area contributed by atoms with Crippen molar-refractivity contribution in [2.75, 3.05) is 18.6 Å². The van der Waals surface area contributed by atoms with Gasteiger partial charge in [0.05, 0.1) is 17.9 Å². The Labute approximate surface area is 222 Å². The lowest BCUT2D eigenvalue weighted by Gasteiger charge is -2.17. The van der Waals surface area contributed by atoms with Crippen LogP contribution < -0.4 is 16.8 Å². The Hall–Kier alpha value is -3.28. The number of benzene rings is 2. The molecule has 1 aromatic heterocycles. The first-order valence-electron chi connectivity index (χ1n) is 10.8. The molecular weight excluding hydrogens is 520 g/mol. The van der Waals surface area contributed by atoms with Crippen molar-refractivity contribution in [1.82, 2.24) is 9.88 Å². The Morgan fingerprint density at radius 1 is 1.08 bits per heavy atom. The first kappa shape index (κ1) is 29.0. The van der Waals surface area contributed by atoms with E-state index in [1.165, 1.54) is 18.3 Å². The third kappa shape index (κ3) is 8.14. The Morgan fingerprint density at radius 2 is 1.72 bits per heavy atom. The summed E-state index contributed by atoms with van der Waals surface area (Å²) in [6.45, 7) is 1.78. The van der Waals surface area contributed by atoms with E-state index in [1.54, 1.807) is 42.5 Å². The van der Waals surface area contributed by atoms with Gasteiger partial charge in [-0.15, -0.1) is 12.4 Å². The number of rotatable bonds is 9. The van der Waals surface area contributed by atoms with Gasteiger partial charge >= 0.3 is 0 Å². The minimum atomic E-state index is -1.10. The number of nitrogens with one attached hydrogen (secondary N) is 1. The number of amides is 2. The normalized spacial score (nSPS) is 11.2. The van der Waals surface area contributed by atoms with Gasteiger partial charge in [0.1, 0.15) is 0 Å². The van der Waals surface area contributed by atoms with Gasteiger partial charge < -0.3 is 21.7 Å². The maximum Gasteiger partial charge on any atom is 0.253 e. The summed E-state index contributed by atoms with van der Waals surface area (Å²) in [5.41, 5.74) is 13.9. The van der Waals surface area contributed by atoms with Crippen LogP contribution in [-0.2, 0) is 35.0 Å². The van der Waals surface area contributed by atoms with E-state index in [1.807, 2.05) is 24.3 Å². The van der Waals surface area contributed by atoms with Gasteiger partial charge in [-0.25, -0.2) is 9.98 Å². The average Bonchev–Trinajstić information content (AvgIpc) is 3.17. The molecule has 0 radical (unpaired) electrons. The second-order valence-corrected chi connectivity index (χ2v) is 10.4. The van der Waals surface area contributed by atoms with E-state index < -0.39 is 10.8 Å². The van der Waals surface area contributed by atoms with Crippen molar-refractivity contribution < 1.29 is 13.8 Å². The molecular formula is C24H29ClN6O3S2. The SMILES string of the molecule is CC(=O)Nc1nc(CCc2ccc(N=C(N)N)cc2)c(CN(C)C(=O)c2ccc(S(C)=O)cc2)s1.Cl. The molecule has 12 heteroatoms. The quantitative estimate of drug-likeness (QED) is 0.276. The van der Waals surface area contributed by atoms with Gasteiger partial charge in [-0.3, -0.25) is 13.8 Å². The molecule has 36 heavy (non-hydrogen) atoms. The second kappa shape index (κ2) is 13.1. The average molecular weight is 549 g/mol. The number of carbonyl (C=O) groups is 2. The number of anilines is 1. The number of thiazole rings is 1. The maximum atomic E-state index is 12.9. The van der Waals surface area contributed by atoms with Crippen LogP contribution in [0, 0.1) is 0 Å². The summed E-state index contributed by atoms with van der Waals surface area (Å²) in [5.74, 6) is -0.357. The van der Waals surface area contributed by atoms with Crippen molar-refractivity contribution >= 4 is 63.1 Å². The summed E-state index contributed by atoms with van der Waals surface area (Å²) >= 11 is 1.36. The van der Waals surface area contributed by atoms with Gasteiger partial charge in [-0.05, 0) is 54.8 Å². The molecule has 3 aromatic rings. The number of carbonyl (C=O) groups excluding carboxylic acids is 2. The summed E-state index contributed by atoms with van der Waals surface area (Å²) in [4.78, 5) is 36.3. The van der Waals surface area contributed by atoms with Crippen LogP contribution in [0.5, 0.6) is 0 Å². The molecule has 9 nitrogen and oxygen atoms in total. The zero-order valence-electron chi connectivity index (χ0n) is 20.2. The number of aliphatic imine (C=N–C) groups is 1. The third-order valence-electron chi connectivity index (χ3n) is 5.07. The largest absolute Gasteiger partial charge is 0.370 e. The Morgan fingerprint density at radius 3 is 2.28 bits per heavy atom. The number of nitrogens with zero attached hydrogens (tertiary/aromatic N) is 3. The molecule has 0 aliphatic rings. The molecule has 0 aliphatic heterocycles. The number of guanidine groups is 1. The van der Waals surface area contributed by atoms with Crippen LogP contribution in [0.15, 0.2) is 58.4 Å². The van der Waals surface area contributed by atoms with Crippen molar-refractivity contribution in [1.29, 1.82) is 0 Å². The highest BCUT2D eigenvalue weighted by molar-refractivity contribution is 7.84. The van der Waals surface area contributed by atoms with Crippen LogP contribution in [0.25, 0.3) is 0 Å². The lowest BCUT2D eigenvalue weighted by atomic mass is 10.1. The molecule has 2 aromatic carbocycles. The number of aryl methyl sites for hydroxylation is 2. The molecule has 0 saturated heterocycles. The predicted octanol–water partition coefficient (Wildman–Crippen LogP) is 3.22. The fraction of sp³-hybridized carbons (Fsp3) is 0.250. The van der Waals surface area contributed by atoms with Crippen LogP contribution in [-0.4, -0.2) is 45.2 Å². The van der Waals surface area contributed by atoms with Gasteiger partial charge in [0.25, 0.3) is 5.91 Å². The van der Waals surface area contributed by atoms with Crippen molar-refractivity contribution in [3.8, 4) is 0 Å². The zero-order chi connectivity index (χ0) is 25.5. The number of hydrogen-bond donors (Lipinski definition) is 3. The maximum absolute atomic E-state index is 12.9. The van der Waals surface area contributed by atoms with Gasteiger partial charge in [0, 0.05) is 46.4 Å². The van der Waals surface area contributed by atoms with Gasteiger partial charge in [-0.2, -0.15) is 0 Å². The predicted molar refractivity (Wildman–Crippen MR) is 148 cm³/mol. The summed E-state index contributed by atoms with van der Waals surface area (Å²) in [6.07, 6.45) is 2.94.